The third-order valence-electron chi connectivity index (χ3n) is 4.52. The van der Waals surface area contributed by atoms with Gasteiger partial charge in [0, 0.05) is 6.61 Å². The summed E-state index contributed by atoms with van der Waals surface area (Å²) in [6.45, 7) is 0.925. The molecule has 1 saturated heterocycles. The van der Waals surface area contributed by atoms with E-state index in [9.17, 15) is 0 Å². The molecule has 1 N–H and O–H groups in total. The largest absolute Gasteiger partial charge is 0.376 e. The minimum absolute atomic E-state index is 0.358. The third-order valence-corrected chi connectivity index (χ3v) is 4.52. The van der Waals surface area contributed by atoms with E-state index in [4.69, 9.17) is 4.74 Å². The number of likely N-dealkylation sites (N-methyl/N-ethyl adjacent to an activating group) is 1. The van der Waals surface area contributed by atoms with Gasteiger partial charge in [0.15, 0.2) is 0 Å². The molecule has 1 heterocycles. The van der Waals surface area contributed by atoms with Crippen LogP contribution in [-0.2, 0) is 4.74 Å². The van der Waals surface area contributed by atoms with Gasteiger partial charge in [0.25, 0.3) is 0 Å². The molecular formula is C16H23NO. The molecule has 1 aliphatic heterocycles. The summed E-state index contributed by atoms with van der Waals surface area (Å²) in [5, 5.41) is 3.48. The van der Waals surface area contributed by atoms with Crippen molar-refractivity contribution in [1.82, 2.24) is 5.32 Å². The molecule has 2 nitrogen and oxygen atoms in total. The number of ether oxygens (including phenoxy) is 1. The van der Waals surface area contributed by atoms with Crippen LogP contribution in [0.1, 0.15) is 55.2 Å². The van der Waals surface area contributed by atoms with Crippen LogP contribution in [0.15, 0.2) is 24.3 Å². The molecule has 0 spiro atoms. The lowest BCUT2D eigenvalue weighted by molar-refractivity contribution is 0.0802. The Morgan fingerprint density at radius 1 is 1.17 bits per heavy atom. The molecule has 1 aromatic rings. The molecule has 2 unspecified atom stereocenters. The van der Waals surface area contributed by atoms with Gasteiger partial charge in [-0.2, -0.15) is 0 Å². The van der Waals surface area contributed by atoms with Gasteiger partial charge in [0.2, 0.25) is 0 Å². The fourth-order valence-corrected chi connectivity index (χ4v) is 3.29. The zero-order chi connectivity index (χ0) is 12.4. The molecule has 0 amide bonds. The number of benzene rings is 1. The van der Waals surface area contributed by atoms with E-state index in [1.807, 2.05) is 0 Å². The van der Waals surface area contributed by atoms with Gasteiger partial charge >= 0.3 is 0 Å². The van der Waals surface area contributed by atoms with Gasteiger partial charge in [0.1, 0.15) is 0 Å². The minimum Gasteiger partial charge on any atom is -0.376 e. The Labute approximate surface area is 110 Å². The lowest BCUT2D eigenvalue weighted by atomic mass is 9.76. The Morgan fingerprint density at radius 3 is 2.61 bits per heavy atom. The standard InChI is InChI=1S/C16H23NO/c1-17-16(15-10-5-11-18-15)14-9-3-2-8-13(14)12-6-4-7-12/h2-3,8-9,12,15-17H,4-7,10-11H2,1H3. The molecule has 18 heavy (non-hydrogen) atoms. The number of rotatable bonds is 4. The van der Waals surface area contributed by atoms with E-state index in [0.29, 0.717) is 12.1 Å². The average molecular weight is 245 g/mol. The van der Waals surface area contributed by atoms with Crippen molar-refractivity contribution in [3.8, 4) is 0 Å². The lowest BCUT2D eigenvalue weighted by Crippen LogP contribution is -2.30. The van der Waals surface area contributed by atoms with E-state index in [2.05, 4.69) is 36.6 Å². The molecule has 0 radical (unpaired) electrons. The van der Waals surface area contributed by atoms with Crippen molar-refractivity contribution in [2.24, 2.45) is 0 Å². The molecule has 0 aromatic heterocycles. The summed E-state index contributed by atoms with van der Waals surface area (Å²) in [6, 6.07) is 9.31. The van der Waals surface area contributed by atoms with Gasteiger partial charge in [-0.05, 0) is 49.8 Å². The highest BCUT2D eigenvalue weighted by molar-refractivity contribution is 5.35. The van der Waals surface area contributed by atoms with Crippen LogP contribution < -0.4 is 5.32 Å². The number of hydrogen-bond acceptors (Lipinski definition) is 2. The van der Waals surface area contributed by atoms with Crippen LogP contribution in [0.2, 0.25) is 0 Å². The molecule has 1 aliphatic carbocycles. The first-order valence-electron chi connectivity index (χ1n) is 7.28. The highest BCUT2D eigenvalue weighted by atomic mass is 16.5. The van der Waals surface area contributed by atoms with E-state index in [0.717, 1.165) is 12.5 Å². The van der Waals surface area contributed by atoms with Gasteiger partial charge in [-0.15, -0.1) is 0 Å². The molecule has 1 aromatic carbocycles. The van der Waals surface area contributed by atoms with Crippen molar-refractivity contribution in [1.29, 1.82) is 0 Å². The van der Waals surface area contributed by atoms with Crippen molar-refractivity contribution in [3.05, 3.63) is 35.4 Å². The molecule has 2 heteroatoms. The maximum Gasteiger partial charge on any atom is 0.0770 e. The fraction of sp³-hybridized carbons (Fsp3) is 0.625. The number of hydrogen-bond donors (Lipinski definition) is 1. The van der Waals surface area contributed by atoms with Crippen molar-refractivity contribution in [2.45, 2.75) is 50.2 Å². The van der Waals surface area contributed by atoms with Crippen LogP contribution in [-0.4, -0.2) is 19.8 Å². The van der Waals surface area contributed by atoms with Crippen molar-refractivity contribution in [2.75, 3.05) is 13.7 Å². The number of nitrogens with one attached hydrogen (secondary N) is 1. The molecule has 1 saturated carbocycles. The molecule has 98 valence electrons. The topological polar surface area (TPSA) is 21.3 Å². The van der Waals surface area contributed by atoms with Gasteiger partial charge in [0.05, 0.1) is 12.1 Å². The second kappa shape index (κ2) is 5.41. The van der Waals surface area contributed by atoms with E-state index >= 15 is 0 Å². The quantitative estimate of drug-likeness (QED) is 0.878. The maximum atomic E-state index is 5.88. The fourth-order valence-electron chi connectivity index (χ4n) is 3.29. The highest BCUT2D eigenvalue weighted by Gasteiger charge is 2.30. The highest BCUT2D eigenvalue weighted by Crippen LogP contribution is 2.40. The van der Waals surface area contributed by atoms with Crippen LogP contribution in [0.5, 0.6) is 0 Å². The van der Waals surface area contributed by atoms with Crippen LogP contribution >= 0.6 is 0 Å². The summed E-state index contributed by atoms with van der Waals surface area (Å²) in [4.78, 5) is 0. The Bertz CT molecular complexity index is 394. The summed E-state index contributed by atoms with van der Waals surface area (Å²) < 4.78 is 5.88. The van der Waals surface area contributed by atoms with Crippen LogP contribution in [0.4, 0.5) is 0 Å². The zero-order valence-corrected chi connectivity index (χ0v) is 11.2. The predicted molar refractivity (Wildman–Crippen MR) is 73.8 cm³/mol. The summed E-state index contributed by atoms with van der Waals surface area (Å²) in [7, 11) is 2.06. The van der Waals surface area contributed by atoms with Gasteiger partial charge in [-0.3, -0.25) is 0 Å². The molecule has 2 aliphatic rings. The monoisotopic (exact) mass is 245 g/mol. The second-order valence-electron chi connectivity index (χ2n) is 5.57. The average Bonchev–Trinajstić information content (AvgIpc) is 2.84. The van der Waals surface area contributed by atoms with E-state index < -0.39 is 0 Å². The van der Waals surface area contributed by atoms with E-state index in [-0.39, 0.29) is 0 Å². The van der Waals surface area contributed by atoms with Gasteiger partial charge in [-0.25, -0.2) is 0 Å². The second-order valence-corrected chi connectivity index (χ2v) is 5.57. The molecule has 2 atom stereocenters. The lowest BCUT2D eigenvalue weighted by Gasteiger charge is -2.32. The smallest absolute Gasteiger partial charge is 0.0770 e. The minimum atomic E-state index is 0.358. The molecule has 3 rings (SSSR count). The first-order valence-corrected chi connectivity index (χ1v) is 7.28. The van der Waals surface area contributed by atoms with Gasteiger partial charge in [-0.1, -0.05) is 30.7 Å². The van der Waals surface area contributed by atoms with Crippen LogP contribution in [0.25, 0.3) is 0 Å². The maximum absolute atomic E-state index is 5.88. The first kappa shape index (κ1) is 12.2. The van der Waals surface area contributed by atoms with Crippen LogP contribution in [0.3, 0.4) is 0 Å². The van der Waals surface area contributed by atoms with Gasteiger partial charge < -0.3 is 10.1 Å². The zero-order valence-electron chi connectivity index (χ0n) is 11.2. The van der Waals surface area contributed by atoms with Crippen molar-refractivity contribution < 1.29 is 4.74 Å². The molecule has 2 fully saturated rings. The Balaban J connectivity index is 1.88. The first-order chi connectivity index (χ1) is 8.90. The molecule has 0 bridgehead atoms. The Kier molecular flexibility index (Phi) is 3.67. The Morgan fingerprint density at radius 2 is 2.00 bits per heavy atom. The van der Waals surface area contributed by atoms with Crippen LogP contribution in [0, 0.1) is 0 Å². The summed E-state index contributed by atoms with van der Waals surface area (Å²) >= 11 is 0. The SMILES string of the molecule is CNC(c1ccccc1C1CCC1)C1CCCO1. The van der Waals surface area contributed by atoms with E-state index in [1.54, 1.807) is 5.56 Å². The summed E-state index contributed by atoms with van der Waals surface area (Å²) in [6.07, 6.45) is 6.86. The normalized spacial score (nSPS) is 25.9. The van der Waals surface area contributed by atoms with Crippen molar-refractivity contribution >= 4 is 0 Å². The summed E-state index contributed by atoms with van der Waals surface area (Å²) in [5.74, 6) is 0.790. The molecular weight excluding hydrogens is 222 g/mol. The van der Waals surface area contributed by atoms with Crippen molar-refractivity contribution in [3.63, 3.8) is 0 Å². The predicted octanol–water partition coefficient (Wildman–Crippen LogP) is 3.39. The third kappa shape index (κ3) is 2.19. The Hall–Kier alpha value is -0.860. The summed E-state index contributed by atoms with van der Waals surface area (Å²) in [5.41, 5.74) is 3.02. The van der Waals surface area contributed by atoms with E-state index in [1.165, 1.54) is 37.7 Å².